The van der Waals surface area contributed by atoms with Gasteiger partial charge in [0.1, 0.15) is 11.8 Å². The fraction of sp³-hybridized carbons (Fsp3) is 0.533. The molecule has 0 bridgehead atoms. The van der Waals surface area contributed by atoms with Crippen LogP contribution >= 0.6 is 0 Å². The molecule has 0 saturated heterocycles. The number of carbonyl (C=O) groups excluding carboxylic acids is 1. The fourth-order valence-corrected chi connectivity index (χ4v) is 1.88. The van der Waals surface area contributed by atoms with E-state index in [0.29, 0.717) is 18.9 Å². The Hall–Kier alpha value is -1.55. The van der Waals surface area contributed by atoms with Crippen LogP contribution in [-0.4, -0.2) is 23.7 Å². The monoisotopic (exact) mass is 265 g/mol. The first-order valence-corrected chi connectivity index (χ1v) is 6.73. The highest BCUT2D eigenvalue weighted by Gasteiger charge is 2.16. The second kappa shape index (κ2) is 7.79. The first-order chi connectivity index (χ1) is 9.02. The second-order valence-electron chi connectivity index (χ2n) is 5.00. The van der Waals surface area contributed by atoms with Crippen molar-refractivity contribution in [2.45, 2.75) is 39.2 Å². The van der Waals surface area contributed by atoms with E-state index in [1.807, 2.05) is 0 Å². The van der Waals surface area contributed by atoms with Crippen molar-refractivity contribution in [3.63, 3.8) is 0 Å². The molecular formula is C15H23NO3. The molecule has 0 aliphatic carbocycles. The summed E-state index contributed by atoms with van der Waals surface area (Å²) in [5.41, 5.74) is 6.72. The van der Waals surface area contributed by atoms with Crippen molar-refractivity contribution in [1.29, 1.82) is 0 Å². The number of phenols is 1. The molecule has 1 unspecified atom stereocenters. The largest absolute Gasteiger partial charge is 0.508 e. The number of carbonyl (C=O) groups is 1. The quantitative estimate of drug-likeness (QED) is 0.742. The molecule has 0 aromatic heterocycles. The molecule has 1 rings (SSSR count). The van der Waals surface area contributed by atoms with Gasteiger partial charge in [-0.05, 0) is 36.5 Å². The SMILES string of the molecule is CCCC(C)COC(=O)[C@H](N)Cc1ccc(O)cc1. The van der Waals surface area contributed by atoms with Crippen molar-refractivity contribution < 1.29 is 14.6 Å². The third-order valence-electron chi connectivity index (χ3n) is 2.99. The molecule has 19 heavy (non-hydrogen) atoms. The van der Waals surface area contributed by atoms with E-state index in [-0.39, 0.29) is 11.7 Å². The summed E-state index contributed by atoms with van der Waals surface area (Å²) < 4.78 is 5.20. The maximum absolute atomic E-state index is 11.7. The van der Waals surface area contributed by atoms with Gasteiger partial charge in [0.15, 0.2) is 0 Å². The molecule has 4 heteroatoms. The predicted molar refractivity (Wildman–Crippen MR) is 74.8 cm³/mol. The highest BCUT2D eigenvalue weighted by atomic mass is 16.5. The number of hydrogen-bond acceptors (Lipinski definition) is 4. The lowest BCUT2D eigenvalue weighted by Crippen LogP contribution is -2.35. The highest BCUT2D eigenvalue weighted by molar-refractivity contribution is 5.75. The lowest BCUT2D eigenvalue weighted by Gasteiger charge is -2.14. The molecule has 1 aromatic carbocycles. The number of rotatable bonds is 7. The minimum Gasteiger partial charge on any atom is -0.508 e. The smallest absolute Gasteiger partial charge is 0.323 e. The van der Waals surface area contributed by atoms with Gasteiger partial charge in [-0.15, -0.1) is 0 Å². The molecule has 0 aliphatic rings. The first kappa shape index (κ1) is 15.5. The van der Waals surface area contributed by atoms with E-state index in [4.69, 9.17) is 10.5 Å². The van der Waals surface area contributed by atoms with E-state index in [1.54, 1.807) is 24.3 Å². The Morgan fingerprint density at radius 3 is 2.58 bits per heavy atom. The van der Waals surface area contributed by atoms with Gasteiger partial charge in [-0.1, -0.05) is 32.4 Å². The Bertz CT molecular complexity index is 389. The number of nitrogens with two attached hydrogens (primary N) is 1. The summed E-state index contributed by atoms with van der Waals surface area (Å²) in [6.45, 7) is 4.59. The van der Waals surface area contributed by atoms with E-state index in [2.05, 4.69) is 13.8 Å². The normalized spacial score (nSPS) is 13.8. The zero-order chi connectivity index (χ0) is 14.3. The highest BCUT2D eigenvalue weighted by Crippen LogP contribution is 2.11. The molecule has 0 radical (unpaired) electrons. The van der Waals surface area contributed by atoms with Crippen LogP contribution in [0.4, 0.5) is 0 Å². The van der Waals surface area contributed by atoms with Crippen molar-refractivity contribution in [2.24, 2.45) is 11.7 Å². The van der Waals surface area contributed by atoms with Crippen LogP contribution in [0.15, 0.2) is 24.3 Å². The van der Waals surface area contributed by atoms with E-state index in [1.165, 1.54) is 0 Å². The van der Waals surface area contributed by atoms with Gasteiger partial charge in [-0.2, -0.15) is 0 Å². The van der Waals surface area contributed by atoms with Crippen LogP contribution in [0, 0.1) is 5.92 Å². The summed E-state index contributed by atoms with van der Waals surface area (Å²) in [4.78, 5) is 11.7. The molecule has 0 fully saturated rings. The van der Waals surface area contributed by atoms with Gasteiger partial charge < -0.3 is 15.6 Å². The molecule has 106 valence electrons. The van der Waals surface area contributed by atoms with Gasteiger partial charge in [0.25, 0.3) is 0 Å². The Labute approximate surface area is 114 Å². The van der Waals surface area contributed by atoms with Gasteiger partial charge in [0, 0.05) is 0 Å². The maximum Gasteiger partial charge on any atom is 0.323 e. The average molecular weight is 265 g/mol. The lowest BCUT2D eigenvalue weighted by molar-refractivity contribution is -0.146. The van der Waals surface area contributed by atoms with Crippen LogP contribution < -0.4 is 5.73 Å². The zero-order valence-electron chi connectivity index (χ0n) is 11.6. The van der Waals surface area contributed by atoms with E-state index < -0.39 is 6.04 Å². The van der Waals surface area contributed by atoms with Gasteiger partial charge in [-0.3, -0.25) is 4.79 Å². The molecule has 2 atom stereocenters. The van der Waals surface area contributed by atoms with Crippen LogP contribution in [0.25, 0.3) is 0 Å². The lowest BCUT2D eigenvalue weighted by atomic mass is 10.1. The van der Waals surface area contributed by atoms with E-state index in [9.17, 15) is 9.90 Å². The minimum absolute atomic E-state index is 0.202. The van der Waals surface area contributed by atoms with Crippen molar-refractivity contribution in [1.82, 2.24) is 0 Å². The summed E-state index contributed by atoms with van der Waals surface area (Å²) in [6, 6.07) is 6.01. The molecule has 0 aliphatic heterocycles. The summed E-state index contributed by atoms with van der Waals surface area (Å²) in [7, 11) is 0. The zero-order valence-corrected chi connectivity index (χ0v) is 11.6. The van der Waals surface area contributed by atoms with Crippen molar-refractivity contribution >= 4 is 5.97 Å². The summed E-state index contributed by atoms with van der Waals surface area (Å²) in [5.74, 6) is 0.208. The van der Waals surface area contributed by atoms with Gasteiger partial charge in [0.2, 0.25) is 0 Å². The molecule has 1 aromatic rings. The average Bonchev–Trinajstić information content (AvgIpc) is 2.39. The standard InChI is InChI=1S/C15H23NO3/c1-3-4-11(2)10-19-15(18)14(16)9-12-5-7-13(17)8-6-12/h5-8,11,14,17H,3-4,9-10,16H2,1-2H3/t11?,14-/m1/s1. The van der Waals surface area contributed by atoms with Crippen molar-refractivity contribution in [3.8, 4) is 5.75 Å². The molecule has 0 heterocycles. The van der Waals surface area contributed by atoms with Crippen LogP contribution in [0.2, 0.25) is 0 Å². The second-order valence-corrected chi connectivity index (χ2v) is 5.00. The molecular weight excluding hydrogens is 242 g/mol. The fourth-order valence-electron chi connectivity index (χ4n) is 1.88. The van der Waals surface area contributed by atoms with Gasteiger partial charge in [-0.25, -0.2) is 0 Å². The van der Waals surface area contributed by atoms with E-state index >= 15 is 0 Å². The first-order valence-electron chi connectivity index (χ1n) is 6.73. The third kappa shape index (κ3) is 5.75. The Morgan fingerprint density at radius 1 is 1.37 bits per heavy atom. The Morgan fingerprint density at radius 2 is 2.00 bits per heavy atom. The minimum atomic E-state index is -0.654. The number of esters is 1. The summed E-state index contributed by atoms with van der Waals surface area (Å²) in [5, 5.41) is 9.17. The van der Waals surface area contributed by atoms with E-state index in [0.717, 1.165) is 18.4 Å². The van der Waals surface area contributed by atoms with Gasteiger partial charge in [0.05, 0.1) is 6.61 Å². The summed E-state index contributed by atoms with van der Waals surface area (Å²) in [6.07, 6.45) is 2.54. The molecule has 0 spiro atoms. The molecule has 4 nitrogen and oxygen atoms in total. The number of phenolic OH excluding ortho intramolecular Hbond substituents is 1. The number of ether oxygens (including phenoxy) is 1. The number of hydrogen-bond donors (Lipinski definition) is 2. The number of aromatic hydroxyl groups is 1. The topological polar surface area (TPSA) is 72.5 Å². The molecule has 0 amide bonds. The molecule has 3 N–H and O–H groups in total. The number of benzene rings is 1. The third-order valence-corrected chi connectivity index (χ3v) is 2.99. The Kier molecular flexibility index (Phi) is 6.36. The van der Waals surface area contributed by atoms with Gasteiger partial charge >= 0.3 is 5.97 Å². The van der Waals surface area contributed by atoms with Crippen LogP contribution in [0.5, 0.6) is 5.75 Å². The predicted octanol–water partition coefficient (Wildman–Crippen LogP) is 2.24. The maximum atomic E-state index is 11.7. The molecule has 0 saturated carbocycles. The Balaban J connectivity index is 2.38. The van der Waals surface area contributed by atoms with Crippen LogP contribution in [-0.2, 0) is 16.0 Å². The summed E-state index contributed by atoms with van der Waals surface area (Å²) >= 11 is 0. The van der Waals surface area contributed by atoms with Crippen molar-refractivity contribution in [3.05, 3.63) is 29.8 Å². The van der Waals surface area contributed by atoms with Crippen LogP contribution in [0.3, 0.4) is 0 Å². The van der Waals surface area contributed by atoms with Crippen LogP contribution in [0.1, 0.15) is 32.3 Å². The van der Waals surface area contributed by atoms with Crippen molar-refractivity contribution in [2.75, 3.05) is 6.61 Å².